The zero-order valence-corrected chi connectivity index (χ0v) is 11.7. The summed E-state index contributed by atoms with van der Waals surface area (Å²) in [5.74, 6) is 0.631. The minimum absolute atomic E-state index is 0.560. The molecule has 1 heterocycles. The Labute approximate surface area is 117 Å². The summed E-state index contributed by atoms with van der Waals surface area (Å²) in [7, 11) is 0. The normalized spacial score (nSPS) is 20.3. The van der Waals surface area contributed by atoms with E-state index in [9.17, 15) is 0 Å². The second-order valence-corrected chi connectivity index (χ2v) is 5.59. The summed E-state index contributed by atoms with van der Waals surface area (Å²) in [6.45, 7) is 3.06. The standard InChI is InChI=1S/C12H15Cl3N2/c13-9-4-10(14)12(11(15)5-9)17-7-8-2-1-3-16-6-8/h4-5,8,16-17H,1-3,6-7H2. The molecule has 0 aromatic heterocycles. The molecule has 1 aromatic carbocycles. The maximum absolute atomic E-state index is 6.11. The Morgan fingerprint density at radius 1 is 1.24 bits per heavy atom. The number of piperidine rings is 1. The molecular weight excluding hydrogens is 279 g/mol. The van der Waals surface area contributed by atoms with Crippen molar-refractivity contribution >= 4 is 40.5 Å². The molecular formula is C12H15Cl3N2. The van der Waals surface area contributed by atoms with E-state index in [2.05, 4.69) is 10.6 Å². The maximum Gasteiger partial charge on any atom is 0.0720 e. The quantitative estimate of drug-likeness (QED) is 0.878. The summed E-state index contributed by atoms with van der Waals surface area (Å²) in [4.78, 5) is 0. The minimum atomic E-state index is 0.560. The molecule has 0 spiro atoms. The van der Waals surface area contributed by atoms with Crippen molar-refractivity contribution in [2.24, 2.45) is 5.92 Å². The number of halogens is 3. The molecule has 5 heteroatoms. The molecule has 1 fully saturated rings. The molecule has 0 bridgehead atoms. The third-order valence-corrected chi connectivity index (χ3v) is 3.79. The summed E-state index contributed by atoms with van der Waals surface area (Å²) in [6, 6.07) is 3.41. The first-order valence-electron chi connectivity index (χ1n) is 5.76. The molecule has 2 N–H and O–H groups in total. The fourth-order valence-corrected chi connectivity index (χ4v) is 3.01. The van der Waals surface area contributed by atoms with Crippen molar-refractivity contribution in [2.45, 2.75) is 12.8 Å². The van der Waals surface area contributed by atoms with Crippen molar-refractivity contribution in [3.8, 4) is 0 Å². The monoisotopic (exact) mass is 292 g/mol. The molecule has 1 aliphatic rings. The Morgan fingerprint density at radius 3 is 2.53 bits per heavy atom. The van der Waals surface area contributed by atoms with E-state index in [1.54, 1.807) is 12.1 Å². The van der Waals surface area contributed by atoms with Crippen molar-refractivity contribution in [2.75, 3.05) is 25.0 Å². The van der Waals surface area contributed by atoms with Gasteiger partial charge in [0.05, 0.1) is 15.7 Å². The Morgan fingerprint density at radius 2 is 1.94 bits per heavy atom. The molecule has 1 aliphatic heterocycles. The van der Waals surface area contributed by atoms with Crippen LogP contribution < -0.4 is 10.6 Å². The van der Waals surface area contributed by atoms with Gasteiger partial charge in [-0.3, -0.25) is 0 Å². The van der Waals surface area contributed by atoms with Crippen LogP contribution in [0.15, 0.2) is 12.1 Å². The molecule has 1 aromatic rings. The Balaban J connectivity index is 1.98. The number of hydrogen-bond acceptors (Lipinski definition) is 2. The highest BCUT2D eigenvalue weighted by Crippen LogP contribution is 2.33. The van der Waals surface area contributed by atoms with E-state index < -0.39 is 0 Å². The lowest BCUT2D eigenvalue weighted by molar-refractivity contribution is 0.393. The highest BCUT2D eigenvalue weighted by atomic mass is 35.5. The lowest BCUT2D eigenvalue weighted by Gasteiger charge is -2.24. The highest BCUT2D eigenvalue weighted by molar-refractivity contribution is 6.41. The number of anilines is 1. The first-order chi connectivity index (χ1) is 8.16. The Kier molecular flexibility index (Phi) is 4.80. The summed E-state index contributed by atoms with van der Waals surface area (Å²) in [5.41, 5.74) is 0.781. The lowest BCUT2D eigenvalue weighted by Crippen LogP contribution is -2.33. The third kappa shape index (κ3) is 3.65. The van der Waals surface area contributed by atoms with Crippen LogP contribution in [-0.2, 0) is 0 Å². The Bertz CT molecular complexity index is 366. The van der Waals surface area contributed by atoms with Gasteiger partial charge in [-0.2, -0.15) is 0 Å². The van der Waals surface area contributed by atoms with Gasteiger partial charge in [0, 0.05) is 11.6 Å². The average molecular weight is 294 g/mol. The van der Waals surface area contributed by atoms with Crippen LogP contribution in [0, 0.1) is 5.92 Å². The molecule has 17 heavy (non-hydrogen) atoms. The molecule has 2 nitrogen and oxygen atoms in total. The largest absolute Gasteiger partial charge is 0.382 e. The lowest BCUT2D eigenvalue weighted by atomic mass is 10.00. The predicted molar refractivity (Wildman–Crippen MR) is 75.6 cm³/mol. The molecule has 1 saturated heterocycles. The van der Waals surface area contributed by atoms with Gasteiger partial charge in [0.15, 0.2) is 0 Å². The van der Waals surface area contributed by atoms with E-state index in [0.29, 0.717) is 21.0 Å². The van der Waals surface area contributed by atoms with Crippen LogP contribution in [-0.4, -0.2) is 19.6 Å². The number of rotatable bonds is 3. The predicted octanol–water partition coefficient (Wildman–Crippen LogP) is 4.06. The first-order valence-corrected chi connectivity index (χ1v) is 6.89. The fourth-order valence-electron chi connectivity index (χ4n) is 2.06. The smallest absolute Gasteiger partial charge is 0.0720 e. The summed E-state index contributed by atoms with van der Waals surface area (Å²) < 4.78 is 0. The van der Waals surface area contributed by atoms with Crippen LogP contribution in [0.5, 0.6) is 0 Å². The van der Waals surface area contributed by atoms with Gasteiger partial charge in [0.25, 0.3) is 0 Å². The zero-order chi connectivity index (χ0) is 12.3. The molecule has 0 saturated carbocycles. The van der Waals surface area contributed by atoms with E-state index in [1.165, 1.54) is 12.8 Å². The fraction of sp³-hybridized carbons (Fsp3) is 0.500. The van der Waals surface area contributed by atoms with E-state index in [4.69, 9.17) is 34.8 Å². The number of hydrogen-bond donors (Lipinski definition) is 2. The second-order valence-electron chi connectivity index (χ2n) is 4.34. The zero-order valence-electron chi connectivity index (χ0n) is 9.40. The van der Waals surface area contributed by atoms with Crippen molar-refractivity contribution in [1.29, 1.82) is 0 Å². The van der Waals surface area contributed by atoms with E-state index in [-0.39, 0.29) is 0 Å². The van der Waals surface area contributed by atoms with Crippen LogP contribution in [0.25, 0.3) is 0 Å². The molecule has 94 valence electrons. The van der Waals surface area contributed by atoms with Gasteiger partial charge in [0.1, 0.15) is 0 Å². The van der Waals surface area contributed by atoms with Gasteiger partial charge in [0.2, 0.25) is 0 Å². The van der Waals surface area contributed by atoms with E-state index >= 15 is 0 Å². The number of nitrogens with one attached hydrogen (secondary N) is 2. The van der Waals surface area contributed by atoms with Gasteiger partial charge in [-0.15, -0.1) is 0 Å². The van der Waals surface area contributed by atoms with Gasteiger partial charge in [-0.25, -0.2) is 0 Å². The van der Waals surface area contributed by atoms with Crippen molar-refractivity contribution in [3.63, 3.8) is 0 Å². The van der Waals surface area contributed by atoms with Gasteiger partial charge in [-0.1, -0.05) is 34.8 Å². The van der Waals surface area contributed by atoms with Crippen LogP contribution in [0.3, 0.4) is 0 Å². The molecule has 0 amide bonds. The molecule has 1 unspecified atom stereocenters. The van der Waals surface area contributed by atoms with Crippen molar-refractivity contribution in [1.82, 2.24) is 5.32 Å². The average Bonchev–Trinajstić information content (AvgIpc) is 2.29. The molecule has 0 radical (unpaired) electrons. The first kappa shape index (κ1) is 13.3. The van der Waals surface area contributed by atoms with Crippen LogP contribution in [0.1, 0.15) is 12.8 Å². The summed E-state index contributed by atoms with van der Waals surface area (Å²) in [6.07, 6.45) is 2.47. The van der Waals surface area contributed by atoms with Gasteiger partial charge >= 0.3 is 0 Å². The number of benzene rings is 1. The van der Waals surface area contributed by atoms with Gasteiger partial charge < -0.3 is 10.6 Å². The Hall–Kier alpha value is -0.150. The molecule has 0 aliphatic carbocycles. The summed E-state index contributed by atoms with van der Waals surface area (Å²) in [5, 5.41) is 8.41. The highest BCUT2D eigenvalue weighted by Gasteiger charge is 2.14. The van der Waals surface area contributed by atoms with Crippen LogP contribution >= 0.6 is 34.8 Å². The van der Waals surface area contributed by atoms with Crippen LogP contribution in [0.2, 0.25) is 15.1 Å². The second kappa shape index (κ2) is 6.14. The SMILES string of the molecule is Clc1cc(Cl)c(NCC2CCCNC2)c(Cl)c1. The van der Waals surface area contributed by atoms with Crippen molar-refractivity contribution in [3.05, 3.63) is 27.2 Å². The minimum Gasteiger partial charge on any atom is -0.382 e. The van der Waals surface area contributed by atoms with Crippen molar-refractivity contribution < 1.29 is 0 Å². The van der Waals surface area contributed by atoms with E-state index in [0.717, 1.165) is 25.3 Å². The third-order valence-electron chi connectivity index (χ3n) is 2.97. The van der Waals surface area contributed by atoms with E-state index in [1.807, 2.05) is 0 Å². The maximum atomic E-state index is 6.11. The molecule has 2 rings (SSSR count). The van der Waals surface area contributed by atoms with Crippen LogP contribution in [0.4, 0.5) is 5.69 Å². The van der Waals surface area contributed by atoms with Gasteiger partial charge in [-0.05, 0) is 44.0 Å². The summed E-state index contributed by atoms with van der Waals surface area (Å²) >= 11 is 18.1. The molecule has 1 atom stereocenters. The topological polar surface area (TPSA) is 24.1 Å².